The zero-order valence-corrected chi connectivity index (χ0v) is 10.1. The highest BCUT2D eigenvalue weighted by Gasteiger charge is 2.09. The first-order valence-electron chi connectivity index (χ1n) is 5.12. The maximum Gasteiger partial charge on any atom is 0.338 e. The van der Waals surface area contributed by atoms with Gasteiger partial charge in [0.25, 0.3) is 0 Å². The molecular weight excluding hydrogens is 239 g/mol. The Balaban J connectivity index is 2.02. The molecule has 0 fully saturated rings. The number of halogens is 1. The van der Waals surface area contributed by atoms with Crippen LogP contribution in [-0.2, 0) is 11.3 Å². The van der Waals surface area contributed by atoms with E-state index in [0.29, 0.717) is 11.1 Å². The molecule has 2 aromatic rings. The van der Waals surface area contributed by atoms with Crippen molar-refractivity contribution in [3.8, 4) is 0 Å². The fourth-order valence-electron chi connectivity index (χ4n) is 1.39. The Bertz CT molecular complexity index is 520. The van der Waals surface area contributed by atoms with Crippen LogP contribution in [0.1, 0.15) is 20.8 Å². The maximum atomic E-state index is 13.0. The summed E-state index contributed by atoms with van der Waals surface area (Å²) in [5.74, 6) is -0.749. The van der Waals surface area contributed by atoms with E-state index in [2.05, 4.69) is 0 Å². The molecule has 0 N–H and O–H groups in total. The molecule has 0 unspecified atom stereocenters. The van der Waals surface area contributed by atoms with E-state index in [9.17, 15) is 9.18 Å². The summed E-state index contributed by atoms with van der Waals surface area (Å²) in [5, 5.41) is 1.92. The minimum absolute atomic E-state index is 0.257. The van der Waals surface area contributed by atoms with Crippen molar-refractivity contribution in [1.29, 1.82) is 0 Å². The van der Waals surface area contributed by atoms with Gasteiger partial charge < -0.3 is 4.74 Å². The molecule has 1 heterocycles. The lowest BCUT2D eigenvalue weighted by molar-refractivity contribution is 0.0476. The van der Waals surface area contributed by atoms with Crippen molar-refractivity contribution in [3.63, 3.8) is 0 Å². The molecule has 0 saturated heterocycles. The van der Waals surface area contributed by atoms with Crippen LogP contribution in [0.25, 0.3) is 0 Å². The highest BCUT2D eigenvalue weighted by atomic mass is 32.1. The predicted octanol–water partition coefficient (Wildman–Crippen LogP) is 3.55. The van der Waals surface area contributed by atoms with Crippen LogP contribution in [0.15, 0.2) is 35.7 Å². The van der Waals surface area contributed by atoms with E-state index >= 15 is 0 Å². The fraction of sp³-hybridized carbons (Fsp3) is 0.154. The fourth-order valence-corrected chi connectivity index (χ4v) is 2.00. The van der Waals surface area contributed by atoms with Crippen LogP contribution < -0.4 is 0 Å². The summed E-state index contributed by atoms with van der Waals surface area (Å²) < 4.78 is 18.1. The first-order valence-corrected chi connectivity index (χ1v) is 6.00. The van der Waals surface area contributed by atoms with Gasteiger partial charge in [-0.05, 0) is 42.1 Å². The minimum Gasteiger partial charge on any atom is -0.456 e. The molecular formula is C13H11FO2S. The molecule has 4 heteroatoms. The highest BCUT2D eigenvalue weighted by molar-refractivity contribution is 7.09. The standard InChI is InChI=1S/C13H11FO2S/c1-9-7-10(4-5-12(9)14)13(15)16-8-11-3-2-6-17-11/h2-7H,8H2,1H3. The van der Waals surface area contributed by atoms with Crippen LogP contribution in [0.2, 0.25) is 0 Å². The lowest BCUT2D eigenvalue weighted by Gasteiger charge is -2.04. The summed E-state index contributed by atoms with van der Waals surface area (Å²) in [6.07, 6.45) is 0. The summed E-state index contributed by atoms with van der Waals surface area (Å²) in [6, 6.07) is 7.99. The monoisotopic (exact) mass is 250 g/mol. The van der Waals surface area contributed by atoms with Gasteiger partial charge in [0.1, 0.15) is 12.4 Å². The van der Waals surface area contributed by atoms with Gasteiger partial charge in [-0.1, -0.05) is 6.07 Å². The lowest BCUT2D eigenvalue weighted by Crippen LogP contribution is -2.05. The number of aryl methyl sites for hydroxylation is 1. The molecule has 0 saturated carbocycles. The third kappa shape index (κ3) is 2.91. The number of ether oxygens (including phenoxy) is 1. The number of esters is 1. The first-order chi connectivity index (χ1) is 8.16. The van der Waals surface area contributed by atoms with Crippen LogP contribution in [0.5, 0.6) is 0 Å². The zero-order chi connectivity index (χ0) is 12.3. The Kier molecular flexibility index (Phi) is 3.54. The second-order valence-corrected chi connectivity index (χ2v) is 4.65. The molecule has 0 radical (unpaired) electrons. The van der Waals surface area contributed by atoms with Gasteiger partial charge >= 0.3 is 5.97 Å². The third-order valence-electron chi connectivity index (χ3n) is 2.32. The van der Waals surface area contributed by atoms with E-state index in [-0.39, 0.29) is 12.4 Å². The summed E-state index contributed by atoms with van der Waals surface area (Å²) >= 11 is 1.53. The molecule has 0 amide bonds. The lowest BCUT2D eigenvalue weighted by atomic mass is 10.1. The number of hydrogen-bond acceptors (Lipinski definition) is 3. The predicted molar refractivity (Wildman–Crippen MR) is 64.6 cm³/mol. The van der Waals surface area contributed by atoms with Crippen LogP contribution >= 0.6 is 11.3 Å². The van der Waals surface area contributed by atoms with Gasteiger partial charge in [-0.3, -0.25) is 0 Å². The third-order valence-corrected chi connectivity index (χ3v) is 3.17. The molecule has 1 aromatic carbocycles. The van der Waals surface area contributed by atoms with Crippen LogP contribution in [0, 0.1) is 12.7 Å². The summed E-state index contributed by atoms with van der Waals surface area (Å²) in [5.41, 5.74) is 0.816. The van der Waals surface area contributed by atoms with Gasteiger partial charge in [0.05, 0.1) is 5.56 Å². The topological polar surface area (TPSA) is 26.3 Å². The molecule has 88 valence electrons. The Morgan fingerprint density at radius 3 is 2.88 bits per heavy atom. The Labute approximate surface area is 103 Å². The Morgan fingerprint density at radius 2 is 2.24 bits per heavy atom. The number of rotatable bonds is 3. The number of carbonyl (C=O) groups is 1. The van der Waals surface area contributed by atoms with Crippen molar-refractivity contribution in [2.75, 3.05) is 0 Å². The number of thiophene rings is 1. The van der Waals surface area contributed by atoms with Crippen LogP contribution in [0.3, 0.4) is 0 Å². The second-order valence-electron chi connectivity index (χ2n) is 3.62. The molecule has 2 nitrogen and oxygen atoms in total. The number of hydrogen-bond donors (Lipinski definition) is 0. The average molecular weight is 250 g/mol. The van der Waals surface area contributed by atoms with E-state index in [1.165, 1.54) is 29.5 Å². The van der Waals surface area contributed by atoms with Crippen molar-refractivity contribution in [1.82, 2.24) is 0 Å². The zero-order valence-electron chi connectivity index (χ0n) is 9.27. The van der Waals surface area contributed by atoms with Gasteiger partial charge in [-0.15, -0.1) is 11.3 Å². The van der Waals surface area contributed by atoms with Crippen molar-refractivity contribution in [2.45, 2.75) is 13.5 Å². The molecule has 0 bridgehead atoms. The normalized spacial score (nSPS) is 10.2. The van der Waals surface area contributed by atoms with E-state index in [0.717, 1.165) is 4.88 Å². The Morgan fingerprint density at radius 1 is 1.41 bits per heavy atom. The molecule has 0 spiro atoms. The van der Waals surface area contributed by atoms with Gasteiger partial charge in [-0.25, -0.2) is 9.18 Å². The quantitative estimate of drug-likeness (QED) is 0.779. The van der Waals surface area contributed by atoms with Crippen molar-refractivity contribution in [3.05, 3.63) is 57.5 Å². The number of carbonyl (C=O) groups excluding carboxylic acids is 1. The molecule has 0 aliphatic carbocycles. The largest absolute Gasteiger partial charge is 0.456 e. The summed E-state index contributed by atoms with van der Waals surface area (Å²) in [6.45, 7) is 1.87. The van der Waals surface area contributed by atoms with Gasteiger partial charge in [0.15, 0.2) is 0 Å². The van der Waals surface area contributed by atoms with Crippen molar-refractivity contribution in [2.24, 2.45) is 0 Å². The van der Waals surface area contributed by atoms with Gasteiger partial charge in [0, 0.05) is 4.88 Å². The van der Waals surface area contributed by atoms with Gasteiger partial charge in [0.2, 0.25) is 0 Å². The van der Waals surface area contributed by atoms with E-state index < -0.39 is 5.97 Å². The van der Waals surface area contributed by atoms with Gasteiger partial charge in [-0.2, -0.15) is 0 Å². The van der Waals surface area contributed by atoms with Crippen molar-refractivity contribution >= 4 is 17.3 Å². The van der Waals surface area contributed by atoms with Crippen LogP contribution in [-0.4, -0.2) is 5.97 Å². The molecule has 0 aliphatic heterocycles. The van der Waals surface area contributed by atoms with Crippen LogP contribution in [0.4, 0.5) is 4.39 Å². The molecule has 2 rings (SSSR count). The smallest absolute Gasteiger partial charge is 0.338 e. The molecule has 0 aliphatic rings. The van der Waals surface area contributed by atoms with E-state index in [1.807, 2.05) is 17.5 Å². The summed E-state index contributed by atoms with van der Waals surface area (Å²) in [7, 11) is 0. The minimum atomic E-state index is -0.429. The van der Waals surface area contributed by atoms with E-state index in [1.54, 1.807) is 6.92 Å². The van der Waals surface area contributed by atoms with Crippen molar-refractivity contribution < 1.29 is 13.9 Å². The molecule has 17 heavy (non-hydrogen) atoms. The number of benzene rings is 1. The summed E-state index contributed by atoms with van der Waals surface area (Å²) in [4.78, 5) is 12.6. The highest BCUT2D eigenvalue weighted by Crippen LogP contribution is 2.13. The van der Waals surface area contributed by atoms with E-state index in [4.69, 9.17) is 4.74 Å². The average Bonchev–Trinajstić information content (AvgIpc) is 2.82. The molecule has 0 atom stereocenters. The SMILES string of the molecule is Cc1cc(C(=O)OCc2cccs2)ccc1F. The Hall–Kier alpha value is -1.68. The molecule has 1 aromatic heterocycles. The second kappa shape index (κ2) is 5.10. The maximum absolute atomic E-state index is 13.0. The first kappa shape index (κ1) is 11.8.